The molecule has 7 nitrogen and oxygen atoms in total. The van der Waals surface area contributed by atoms with Gasteiger partial charge in [-0.15, -0.1) is 0 Å². The molecule has 2 heterocycles. The first kappa shape index (κ1) is 13.0. The van der Waals surface area contributed by atoms with E-state index in [4.69, 9.17) is 0 Å². The molecule has 18 heavy (non-hydrogen) atoms. The molecule has 0 aliphatic carbocycles. The molecule has 1 unspecified atom stereocenters. The Labute approximate surface area is 106 Å². The van der Waals surface area contributed by atoms with Gasteiger partial charge in [0.2, 0.25) is 15.9 Å². The number of imidazole rings is 1. The molecule has 1 amide bonds. The largest absolute Gasteiger partial charge is 0.347 e. The van der Waals surface area contributed by atoms with Crippen molar-refractivity contribution in [3.8, 4) is 0 Å². The van der Waals surface area contributed by atoms with Crippen molar-refractivity contribution in [2.45, 2.75) is 25.4 Å². The average Bonchev–Trinajstić information content (AvgIpc) is 2.95. The number of H-pyrrole nitrogens is 1. The Bertz CT molecular complexity index is 511. The first-order chi connectivity index (χ1) is 8.48. The number of carbonyl (C=O) groups is 1. The van der Waals surface area contributed by atoms with Gasteiger partial charge in [-0.25, -0.2) is 13.4 Å². The van der Waals surface area contributed by atoms with Crippen molar-refractivity contribution < 1.29 is 13.2 Å². The molecule has 1 aliphatic rings. The second-order valence-electron chi connectivity index (χ2n) is 4.29. The molecule has 100 valence electrons. The van der Waals surface area contributed by atoms with Crippen LogP contribution < -0.4 is 5.32 Å². The van der Waals surface area contributed by atoms with E-state index in [1.165, 1.54) is 4.31 Å². The molecule has 1 saturated heterocycles. The molecule has 2 rings (SSSR count). The average molecular weight is 272 g/mol. The maximum atomic E-state index is 11.9. The second-order valence-corrected chi connectivity index (χ2v) is 6.22. The summed E-state index contributed by atoms with van der Waals surface area (Å²) in [4.78, 5) is 18.8. The topological polar surface area (TPSA) is 95.2 Å². The van der Waals surface area contributed by atoms with Crippen molar-refractivity contribution in [1.82, 2.24) is 19.6 Å². The normalized spacial score (nSPS) is 21.1. The van der Waals surface area contributed by atoms with Crippen molar-refractivity contribution in [3.63, 3.8) is 0 Å². The quantitative estimate of drug-likeness (QED) is 0.769. The van der Waals surface area contributed by atoms with Gasteiger partial charge in [-0.2, -0.15) is 4.31 Å². The predicted molar refractivity (Wildman–Crippen MR) is 65.0 cm³/mol. The summed E-state index contributed by atoms with van der Waals surface area (Å²) in [7, 11) is -3.32. The van der Waals surface area contributed by atoms with Crippen molar-refractivity contribution >= 4 is 15.9 Å². The lowest BCUT2D eigenvalue weighted by molar-refractivity contribution is -0.124. The smallest absolute Gasteiger partial charge is 0.238 e. The number of aromatic amines is 1. The molecular weight excluding hydrogens is 256 g/mol. The van der Waals surface area contributed by atoms with Gasteiger partial charge in [-0.3, -0.25) is 4.79 Å². The highest BCUT2D eigenvalue weighted by Crippen LogP contribution is 2.20. The van der Waals surface area contributed by atoms with Crippen LogP contribution in [0.5, 0.6) is 0 Å². The minimum atomic E-state index is -3.32. The molecule has 1 atom stereocenters. The molecule has 1 fully saturated rings. The summed E-state index contributed by atoms with van der Waals surface area (Å²) in [5, 5.41) is 2.69. The van der Waals surface area contributed by atoms with Crippen molar-refractivity contribution in [2.24, 2.45) is 0 Å². The number of hydrogen-bond acceptors (Lipinski definition) is 4. The van der Waals surface area contributed by atoms with Gasteiger partial charge in [0.05, 0.1) is 12.8 Å². The monoisotopic (exact) mass is 272 g/mol. The summed E-state index contributed by atoms with van der Waals surface area (Å²) in [5.74, 6) is 0.376. The summed E-state index contributed by atoms with van der Waals surface area (Å²) in [6.07, 6.45) is 5.67. The lowest BCUT2D eigenvalue weighted by Gasteiger charge is -2.21. The van der Waals surface area contributed by atoms with Crippen LogP contribution in [-0.2, 0) is 21.4 Å². The van der Waals surface area contributed by atoms with Crippen LogP contribution in [0.2, 0.25) is 0 Å². The molecule has 0 saturated carbocycles. The van der Waals surface area contributed by atoms with Crippen LogP contribution in [0.3, 0.4) is 0 Å². The Kier molecular flexibility index (Phi) is 3.67. The van der Waals surface area contributed by atoms with Crippen LogP contribution in [0.25, 0.3) is 0 Å². The Morgan fingerprint density at radius 2 is 2.44 bits per heavy atom. The second kappa shape index (κ2) is 5.07. The highest BCUT2D eigenvalue weighted by atomic mass is 32.2. The van der Waals surface area contributed by atoms with E-state index in [9.17, 15) is 13.2 Å². The first-order valence-corrected chi connectivity index (χ1v) is 7.56. The Morgan fingerprint density at radius 3 is 3.06 bits per heavy atom. The lowest BCUT2D eigenvalue weighted by atomic mass is 10.2. The van der Waals surface area contributed by atoms with Gasteiger partial charge < -0.3 is 10.3 Å². The van der Waals surface area contributed by atoms with E-state index in [0.717, 1.165) is 6.26 Å². The molecular formula is C10H16N4O3S. The van der Waals surface area contributed by atoms with Gasteiger partial charge in [-0.05, 0) is 12.8 Å². The van der Waals surface area contributed by atoms with Gasteiger partial charge >= 0.3 is 0 Å². The van der Waals surface area contributed by atoms with Crippen LogP contribution in [0.15, 0.2) is 12.4 Å². The van der Waals surface area contributed by atoms with E-state index in [2.05, 4.69) is 15.3 Å². The molecule has 2 N–H and O–H groups in total. The zero-order chi connectivity index (χ0) is 13.2. The van der Waals surface area contributed by atoms with E-state index in [0.29, 0.717) is 25.2 Å². The number of nitrogens with one attached hydrogen (secondary N) is 2. The number of aromatic nitrogens is 2. The maximum Gasteiger partial charge on any atom is 0.238 e. The molecule has 8 heteroatoms. The maximum absolute atomic E-state index is 11.9. The van der Waals surface area contributed by atoms with Gasteiger partial charge in [-0.1, -0.05) is 0 Å². The van der Waals surface area contributed by atoms with E-state index >= 15 is 0 Å². The SMILES string of the molecule is CS(=O)(=O)N1CCCC1C(=O)NCc1ncc[nH]1. The summed E-state index contributed by atoms with van der Waals surface area (Å²) in [6.45, 7) is 0.692. The fraction of sp³-hybridized carbons (Fsp3) is 0.600. The third-order valence-electron chi connectivity index (χ3n) is 2.92. The van der Waals surface area contributed by atoms with Crippen LogP contribution in [0.1, 0.15) is 18.7 Å². The first-order valence-electron chi connectivity index (χ1n) is 5.71. The Hall–Kier alpha value is -1.41. The fourth-order valence-electron chi connectivity index (χ4n) is 2.08. The fourth-order valence-corrected chi connectivity index (χ4v) is 3.21. The molecule has 1 aromatic heterocycles. The molecule has 0 radical (unpaired) electrons. The highest BCUT2D eigenvalue weighted by Gasteiger charge is 2.36. The third kappa shape index (κ3) is 2.88. The Balaban J connectivity index is 1.96. The van der Waals surface area contributed by atoms with Gasteiger partial charge in [0, 0.05) is 18.9 Å². The molecule has 1 aromatic rings. The van der Waals surface area contributed by atoms with Crippen molar-refractivity contribution in [1.29, 1.82) is 0 Å². The molecule has 0 spiro atoms. The van der Waals surface area contributed by atoms with Crippen molar-refractivity contribution in [3.05, 3.63) is 18.2 Å². The minimum Gasteiger partial charge on any atom is -0.347 e. The van der Waals surface area contributed by atoms with E-state index < -0.39 is 16.1 Å². The zero-order valence-corrected chi connectivity index (χ0v) is 10.9. The minimum absolute atomic E-state index is 0.269. The standard InChI is InChI=1S/C10H16N4O3S/c1-18(16,17)14-6-2-3-8(14)10(15)13-7-9-11-4-5-12-9/h4-5,8H,2-3,6-7H2,1H3,(H,11,12)(H,13,15). The summed E-state index contributed by atoms with van der Waals surface area (Å²) in [6, 6.07) is -0.588. The number of carbonyl (C=O) groups excluding carboxylic acids is 1. The molecule has 0 aromatic carbocycles. The lowest BCUT2D eigenvalue weighted by Crippen LogP contribution is -2.45. The number of rotatable bonds is 4. The number of nitrogens with zero attached hydrogens (tertiary/aromatic N) is 2. The highest BCUT2D eigenvalue weighted by molar-refractivity contribution is 7.88. The van der Waals surface area contributed by atoms with E-state index in [-0.39, 0.29) is 12.5 Å². The van der Waals surface area contributed by atoms with Gasteiger partial charge in [0.15, 0.2) is 0 Å². The number of sulfonamides is 1. The third-order valence-corrected chi connectivity index (χ3v) is 4.21. The van der Waals surface area contributed by atoms with Crippen LogP contribution in [0, 0.1) is 0 Å². The molecule has 0 bridgehead atoms. The predicted octanol–water partition coefficient (Wildman–Crippen LogP) is -0.550. The molecule has 1 aliphatic heterocycles. The van der Waals surface area contributed by atoms with Crippen LogP contribution in [0.4, 0.5) is 0 Å². The summed E-state index contributed by atoms with van der Waals surface area (Å²) >= 11 is 0. The van der Waals surface area contributed by atoms with Crippen molar-refractivity contribution in [2.75, 3.05) is 12.8 Å². The summed E-state index contributed by atoms with van der Waals surface area (Å²) in [5.41, 5.74) is 0. The van der Waals surface area contributed by atoms with E-state index in [1.807, 2.05) is 0 Å². The van der Waals surface area contributed by atoms with Gasteiger partial charge in [0.1, 0.15) is 11.9 Å². The van der Waals surface area contributed by atoms with Crippen LogP contribution >= 0.6 is 0 Å². The number of amides is 1. The van der Waals surface area contributed by atoms with Gasteiger partial charge in [0.25, 0.3) is 0 Å². The Morgan fingerprint density at radius 1 is 1.67 bits per heavy atom. The van der Waals surface area contributed by atoms with Crippen LogP contribution in [-0.4, -0.2) is 47.4 Å². The number of hydrogen-bond donors (Lipinski definition) is 2. The van der Waals surface area contributed by atoms with E-state index in [1.54, 1.807) is 12.4 Å². The summed E-state index contributed by atoms with van der Waals surface area (Å²) < 4.78 is 24.3. The zero-order valence-electron chi connectivity index (χ0n) is 10.1.